The molecule has 6 aromatic carbocycles. The molecular formula is C90H114Cl2N4O16. The number of carbonyl (C=O) groups is 8. The fourth-order valence-corrected chi connectivity index (χ4v) is 13.2. The third-order valence-corrected chi connectivity index (χ3v) is 19.1. The molecule has 0 spiro atoms. The molecule has 22 heteroatoms. The third kappa shape index (κ3) is 33.2. The molecule has 0 fully saturated rings. The summed E-state index contributed by atoms with van der Waals surface area (Å²) in [5.74, 6) is -5.60. The number of aliphatic carboxylic acids is 2. The van der Waals surface area contributed by atoms with Crippen LogP contribution in [0.15, 0.2) is 207 Å². The van der Waals surface area contributed by atoms with E-state index in [-0.39, 0.29) is 71.4 Å². The quantitative estimate of drug-likeness (QED) is 0.0118. The van der Waals surface area contributed by atoms with Crippen LogP contribution in [-0.4, -0.2) is 106 Å². The number of nitrogens with zero attached hydrogens (tertiary/aromatic N) is 3. The van der Waals surface area contributed by atoms with E-state index in [1.54, 1.807) is 6.20 Å². The first-order valence-corrected chi connectivity index (χ1v) is 40.4. The number of hydrogen-bond acceptors (Lipinski definition) is 16. The van der Waals surface area contributed by atoms with Crippen molar-refractivity contribution in [3.8, 4) is 0 Å². The molecule has 0 saturated carbocycles. The zero-order valence-corrected chi connectivity index (χ0v) is 67.1. The molecule has 8 aromatic rings. The maximum atomic E-state index is 11.9. The number of imidazole rings is 2. The lowest BCUT2D eigenvalue weighted by Crippen LogP contribution is -2.57. The highest BCUT2D eigenvalue weighted by Gasteiger charge is 2.44. The highest BCUT2D eigenvalue weighted by Crippen LogP contribution is 2.44. The minimum atomic E-state index is -1.36. The maximum absolute atomic E-state index is 11.9. The van der Waals surface area contributed by atoms with Crippen LogP contribution in [0.1, 0.15) is 241 Å². The number of carboxylic acids is 2. The number of aromatic nitrogens is 4. The predicted octanol–water partition coefficient (Wildman–Crippen LogP) is 18.0. The molecule has 0 atom stereocenters. The Morgan fingerprint density at radius 3 is 1.09 bits per heavy atom. The maximum Gasteiger partial charge on any atom is 0.306 e. The van der Waals surface area contributed by atoms with Crippen molar-refractivity contribution >= 4 is 71.0 Å². The number of rotatable bonds is 48. The number of H-pyrrole nitrogens is 1. The summed E-state index contributed by atoms with van der Waals surface area (Å²) >= 11 is 13.4. The van der Waals surface area contributed by atoms with Crippen LogP contribution in [0.3, 0.4) is 0 Å². The first-order valence-electron chi connectivity index (χ1n) is 39.6. The van der Waals surface area contributed by atoms with E-state index in [2.05, 4.69) is 156 Å². The Morgan fingerprint density at radius 1 is 0.429 bits per heavy atom. The van der Waals surface area contributed by atoms with E-state index in [0.29, 0.717) is 0 Å². The number of halogens is 2. The monoisotopic (exact) mass is 1580 g/mol. The highest BCUT2D eigenvalue weighted by molar-refractivity contribution is 6.32. The summed E-state index contributed by atoms with van der Waals surface area (Å²) in [7, 11) is 0. The van der Waals surface area contributed by atoms with Gasteiger partial charge in [0.2, 0.25) is 6.33 Å². The SMILES string of the molecule is CCCCCCCC(=O)OCC(COC(=O)CCCCCCC)OC(=O)CCC(=O)O.CCCCCCCC(=O)OCC(COC(=O)CCCCCCC)OC(=O)CCC(=O)[O-].Clc1ccccc1C(c1ccccc1)(c1ccccc1)[n+]1cc[nH]c1.Clc1ccccc1C(c1ccccc1)(c1ccccc1)n1ccnc1. The summed E-state index contributed by atoms with van der Waals surface area (Å²) in [6, 6.07) is 57.8. The number of esters is 6. The van der Waals surface area contributed by atoms with Crippen molar-refractivity contribution in [2.45, 2.75) is 231 Å². The molecule has 0 aliphatic rings. The molecule has 0 unspecified atom stereocenters. The van der Waals surface area contributed by atoms with Crippen molar-refractivity contribution in [1.82, 2.24) is 14.5 Å². The van der Waals surface area contributed by atoms with Gasteiger partial charge in [0.05, 0.1) is 25.6 Å². The average Bonchev–Trinajstić information content (AvgIpc) is 1.17. The van der Waals surface area contributed by atoms with E-state index in [0.717, 1.165) is 172 Å². The van der Waals surface area contributed by atoms with E-state index in [9.17, 15) is 43.5 Å². The van der Waals surface area contributed by atoms with Gasteiger partial charge in [0.1, 0.15) is 44.4 Å². The second kappa shape index (κ2) is 54.7. The number of ether oxygens (including phenoxy) is 6. The van der Waals surface area contributed by atoms with Gasteiger partial charge in [0.25, 0.3) is 0 Å². The van der Waals surface area contributed by atoms with Crippen molar-refractivity contribution < 1.29 is 81.6 Å². The number of hydrogen-bond donors (Lipinski definition) is 2. The number of carboxylic acid groups (broad SMARTS) is 2. The number of carbonyl (C=O) groups excluding carboxylic acids is 7. The van der Waals surface area contributed by atoms with E-state index in [4.69, 9.17) is 56.7 Å². The molecule has 2 N–H and O–H groups in total. The van der Waals surface area contributed by atoms with Crippen LogP contribution in [-0.2, 0) is 77.9 Å². The second-order valence-electron chi connectivity index (χ2n) is 27.2. The molecular weight excluding hydrogens is 1460 g/mol. The molecule has 8 rings (SSSR count). The lowest BCUT2D eigenvalue weighted by molar-refractivity contribution is -0.733. The Bertz CT molecular complexity index is 3550. The molecule has 604 valence electrons. The minimum absolute atomic E-state index is 0.226. The van der Waals surface area contributed by atoms with Crippen molar-refractivity contribution in [2.24, 2.45) is 0 Å². The zero-order chi connectivity index (χ0) is 80.9. The molecule has 0 saturated heterocycles. The van der Waals surface area contributed by atoms with Crippen LogP contribution < -0.4 is 9.67 Å². The van der Waals surface area contributed by atoms with E-state index < -0.39 is 77.5 Å². The molecule has 0 aliphatic carbocycles. The Kier molecular flexibility index (Phi) is 45.2. The predicted molar refractivity (Wildman–Crippen MR) is 431 cm³/mol. The number of unbranched alkanes of at least 4 members (excludes halogenated alkanes) is 16. The zero-order valence-electron chi connectivity index (χ0n) is 65.6. The Labute approximate surface area is 671 Å². The Morgan fingerprint density at radius 2 is 0.768 bits per heavy atom. The molecule has 0 aliphatic heterocycles. The smallest absolute Gasteiger partial charge is 0.306 e. The summed E-state index contributed by atoms with van der Waals surface area (Å²) < 4.78 is 35.3. The summed E-state index contributed by atoms with van der Waals surface area (Å²) in [6.45, 7) is 7.52. The van der Waals surface area contributed by atoms with Gasteiger partial charge in [-0.3, -0.25) is 38.5 Å². The summed E-state index contributed by atoms with van der Waals surface area (Å²) in [5, 5.41) is 20.6. The largest absolute Gasteiger partial charge is 0.550 e. The minimum Gasteiger partial charge on any atom is -0.550 e. The third-order valence-electron chi connectivity index (χ3n) is 18.4. The molecule has 20 nitrogen and oxygen atoms in total. The molecule has 0 bridgehead atoms. The average molecular weight is 1580 g/mol. The van der Waals surface area contributed by atoms with Gasteiger partial charge < -0.3 is 48.0 Å². The molecule has 2 heterocycles. The van der Waals surface area contributed by atoms with Crippen LogP contribution >= 0.6 is 23.2 Å². The molecule has 0 radical (unpaired) electrons. The van der Waals surface area contributed by atoms with Crippen molar-refractivity contribution in [3.05, 3.63) is 251 Å². The first-order chi connectivity index (χ1) is 54.4. The topological polar surface area (TPSA) is 273 Å². The summed E-state index contributed by atoms with van der Waals surface area (Å²) in [6.07, 6.45) is 29.2. The van der Waals surface area contributed by atoms with Gasteiger partial charge in [-0.15, -0.1) is 0 Å². The number of aromatic amines is 1. The number of nitrogens with one attached hydrogen (secondary N) is 1. The van der Waals surface area contributed by atoms with Gasteiger partial charge in [-0.2, -0.15) is 0 Å². The molecule has 112 heavy (non-hydrogen) atoms. The van der Waals surface area contributed by atoms with Gasteiger partial charge in [-0.1, -0.05) is 311 Å². The highest BCUT2D eigenvalue weighted by atomic mass is 35.5. The van der Waals surface area contributed by atoms with Crippen molar-refractivity contribution in [3.63, 3.8) is 0 Å². The Hall–Kier alpha value is -9.92. The van der Waals surface area contributed by atoms with Crippen LogP contribution in [0.4, 0.5) is 0 Å². The van der Waals surface area contributed by atoms with Gasteiger partial charge in [0, 0.05) is 76.3 Å². The second-order valence-corrected chi connectivity index (χ2v) is 28.0. The van der Waals surface area contributed by atoms with Gasteiger partial charge in [0.15, 0.2) is 17.7 Å². The van der Waals surface area contributed by atoms with E-state index in [1.807, 2.05) is 91.9 Å². The molecule has 0 amide bonds. The lowest BCUT2D eigenvalue weighted by Gasteiger charge is -2.37. The van der Waals surface area contributed by atoms with Crippen LogP contribution in [0, 0.1) is 0 Å². The lowest BCUT2D eigenvalue weighted by atomic mass is 9.76. The first kappa shape index (κ1) is 92.7. The Balaban J connectivity index is 0.000000268. The normalized spacial score (nSPS) is 11.0. The van der Waals surface area contributed by atoms with Gasteiger partial charge >= 0.3 is 41.8 Å². The molecule has 2 aromatic heterocycles. The standard InChI is InChI=1S/2C23H40O8.2C22H17ClN2/c2*1-3-5-7-9-11-13-21(26)29-17-19(31-23(28)16-15-20(24)25)18-30-22(27)14-12-10-8-6-4-2;2*23-21-14-8-7-13-20(21)22(25-16-15-24-17-25,18-9-3-1-4-10-18)19-11-5-2-6-12-19/h2*19H,3-18H2,1-2H3,(H,24,25);2*1-17H. The van der Waals surface area contributed by atoms with E-state index in [1.165, 1.54) is 0 Å². The van der Waals surface area contributed by atoms with Gasteiger partial charge in [-0.25, -0.2) is 9.55 Å². The number of benzene rings is 6. The fraction of sp³-hybridized carbons (Fsp3) is 0.444. The summed E-state index contributed by atoms with van der Waals surface area (Å²) in [5.41, 5.74) is 5.49. The van der Waals surface area contributed by atoms with E-state index >= 15 is 0 Å². The van der Waals surface area contributed by atoms with Crippen LogP contribution in [0.5, 0.6) is 0 Å². The fourth-order valence-electron chi connectivity index (χ4n) is 12.7. The van der Waals surface area contributed by atoms with Crippen LogP contribution in [0.2, 0.25) is 10.0 Å². The van der Waals surface area contributed by atoms with Crippen molar-refractivity contribution in [2.75, 3.05) is 26.4 Å². The summed E-state index contributed by atoms with van der Waals surface area (Å²) in [4.78, 5) is 99.8. The van der Waals surface area contributed by atoms with Crippen LogP contribution in [0.25, 0.3) is 0 Å². The van der Waals surface area contributed by atoms with Gasteiger partial charge in [-0.05, 0) is 55.4 Å². The van der Waals surface area contributed by atoms with Crippen molar-refractivity contribution in [1.29, 1.82) is 0 Å².